The molecule has 0 aliphatic carbocycles. The van der Waals surface area contributed by atoms with Gasteiger partial charge < -0.3 is 18.6 Å². The highest BCUT2D eigenvalue weighted by Crippen LogP contribution is 2.38. The number of benzene rings is 2. The summed E-state index contributed by atoms with van der Waals surface area (Å²) in [7, 11) is 0. The summed E-state index contributed by atoms with van der Waals surface area (Å²) in [4.78, 5) is 23.1. The van der Waals surface area contributed by atoms with E-state index in [9.17, 15) is 14.9 Å². The molecule has 0 saturated carbocycles. The fraction of sp³-hybridized carbons (Fsp3) is 0.167. The minimum absolute atomic E-state index is 0.0654. The lowest BCUT2D eigenvalue weighted by molar-refractivity contribution is -0.385. The van der Waals surface area contributed by atoms with Gasteiger partial charge in [-0.3, -0.25) is 10.1 Å². The molecule has 0 N–H and O–H groups in total. The van der Waals surface area contributed by atoms with Crippen molar-refractivity contribution in [1.82, 2.24) is 10.2 Å². The van der Waals surface area contributed by atoms with E-state index >= 15 is 0 Å². The Bertz CT molecular complexity index is 1050. The number of nitrogens with zero attached hydrogens (tertiary/aromatic N) is 3. The smallest absolute Gasteiger partial charge is 0.346 e. The fourth-order valence-electron chi connectivity index (χ4n) is 2.62. The van der Waals surface area contributed by atoms with Crippen molar-refractivity contribution in [3.63, 3.8) is 0 Å². The van der Waals surface area contributed by atoms with E-state index in [4.69, 9.17) is 18.6 Å². The van der Waals surface area contributed by atoms with Crippen molar-refractivity contribution in [2.24, 2.45) is 0 Å². The number of carbonyl (C=O) groups is 1. The standard InChI is InChI=1S/C18H13N3O7/c1-10(16-19-20-17(28-16)11-5-3-2-4-6-11)27-18(22)12-7-14-15(26-9-25-14)8-13(12)21(23)24/h2-8,10H,9H2,1H3. The molecule has 1 aliphatic rings. The predicted octanol–water partition coefficient (Wildman–Crippen LogP) is 3.29. The molecule has 28 heavy (non-hydrogen) atoms. The summed E-state index contributed by atoms with van der Waals surface area (Å²) in [5.41, 5.74) is 0.00652. The molecule has 1 aliphatic heterocycles. The van der Waals surface area contributed by atoms with E-state index in [1.165, 1.54) is 13.0 Å². The van der Waals surface area contributed by atoms with E-state index in [0.717, 1.165) is 6.07 Å². The molecule has 1 atom stereocenters. The average molecular weight is 383 g/mol. The molecule has 0 saturated heterocycles. The molecule has 1 unspecified atom stereocenters. The van der Waals surface area contributed by atoms with Crippen LogP contribution < -0.4 is 9.47 Å². The Labute approximate surface area is 157 Å². The molecule has 10 nitrogen and oxygen atoms in total. The lowest BCUT2D eigenvalue weighted by Gasteiger charge is -2.10. The monoisotopic (exact) mass is 383 g/mol. The maximum absolute atomic E-state index is 12.5. The second kappa shape index (κ2) is 6.99. The number of hydrogen-bond donors (Lipinski definition) is 0. The van der Waals surface area contributed by atoms with Gasteiger partial charge in [-0.15, -0.1) is 10.2 Å². The van der Waals surface area contributed by atoms with Crippen LogP contribution in [0.1, 0.15) is 29.3 Å². The molecular weight excluding hydrogens is 370 g/mol. The summed E-state index contributed by atoms with van der Waals surface area (Å²) in [6.07, 6.45) is -0.914. The Morgan fingerprint density at radius 2 is 1.89 bits per heavy atom. The number of carbonyl (C=O) groups excluding carboxylic acids is 1. The van der Waals surface area contributed by atoms with Crippen molar-refractivity contribution in [1.29, 1.82) is 0 Å². The highest BCUT2D eigenvalue weighted by atomic mass is 16.7. The first-order valence-corrected chi connectivity index (χ1v) is 8.21. The number of nitro benzene ring substituents is 1. The quantitative estimate of drug-likeness (QED) is 0.370. The number of nitro groups is 1. The van der Waals surface area contributed by atoms with Crippen LogP contribution in [0.4, 0.5) is 5.69 Å². The molecular formula is C18H13N3O7. The van der Waals surface area contributed by atoms with Gasteiger partial charge in [0.25, 0.3) is 11.6 Å². The molecule has 0 spiro atoms. The normalized spacial score (nSPS) is 13.2. The lowest BCUT2D eigenvalue weighted by atomic mass is 10.1. The van der Waals surface area contributed by atoms with Gasteiger partial charge in [-0.2, -0.15) is 0 Å². The van der Waals surface area contributed by atoms with Crippen molar-refractivity contribution in [3.05, 3.63) is 64.0 Å². The van der Waals surface area contributed by atoms with Crippen LogP contribution >= 0.6 is 0 Å². The number of aromatic nitrogens is 2. The third-order valence-corrected chi connectivity index (χ3v) is 4.00. The van der Waals surface area contributed by atoms with E-state index < -0.39 is 22.7 Å². The first-order valence-electron chi connectivity index (χ1n) is 8.21. The Morgan fingerprint density at radius 3 is 2.61 bits per heavy atom. The van der Waals surface area contributed by atoms with Crippen LogP contribution in [0, 0.1) is 10.1 Å². The molecule has 3 aromatic rings. The first kappa shape index (κ1) is 17.5. The number of fused-ring (bicyclic) bond motifs is 1. The van der Waals surface area contributed by atoms with Crippen LogP contribution in [0.5, 0.6) is 11.5 Å². The van der Waals surface area contributed by atoms with Crippen LogP contribution in [0.25, 0.3) is 11.5 Å². The molecule has 0 fully saturated rings. The minimum Gasteiger partial charge on any atom is -0.454 e. The average Bonchev–Trinajstić information content (AvgIpc) is 3.36. The van der Waals surface area contributed by atoms with Gasteiger partial charge in [0.2, 0.25) is 12.7 Å². The Balaban J connectivity index is 1.56. The van der Waals surface area contributed by atoms with E-state index in [1.807, 2.05) is 18.2 Å². The van der Waals surface area contributed by atoms with Crippen LogP contribution in [-0.4, -0.2) is 27.9 Å². The van der Waals surface area contributed by atoms with E-state index in [2.05, 4.69) is 10.2 Å². The van der Waals surface area contributed by atoms with Gasteiger partial charge in [-0.1, -0.05) is 18.2 Å². The fourth-order valence-corrected chi connectivity index (χ4v) is 2.62. The maximum Gasteiger partial charge on any atom is 0.346 e. The molecule has 0 radical (unpaired) electrons. The van der Waals surface area contributed by atoms with Crippen LogP contribution in [-0.2, 0) is 4.74 Å². The van der Waals surface area contributed by atoms with E-state index in [0.29, 0.717) is 5.56 Å². The van der Waals surface area contributed by atoms with Crippen LogP contribution in [0.2, 0.25) is 0 Å². The topological polar surface area (TPSA) is 127 Å². The van der Waals surface area contributed by atoms with Gasteiger partial charge in [-0.05, 0) is 19.1 Å². The molecule has 4 rings (SSSR count). The van der Waals surface area contributed by atoms with Crippen LogP contribution in [0.3, 0.4) is 0 Å². The van der Waals surface area contributed by atoms with Crippen molar-refractivity contribution in [2.75, 3.05) is 6.79 Å². The number of hydrogen-bond acceptors (Lipinski definition) is 9. The van der Waals surface area contributed by atoms with E-state index in [1.54, 1.807) is 12.1 Å². The SMILES string of the molecule is CC(OC(=O)c1cc2c(cc1[N+](=O)[O-])OCO2)c1nnc(-c2ccccc2)o1. The summed E-state index contributed by atoms with van der Waals surface area (Å²) >= 11 is 0. The lowest BCUT2D eigenvalue weighted by Crippen LogP contribution is -2.11. The zero-order valence-electron chi connectivity index (χ0n) is 14.5. The van der Waals surface area contributed by atoms with Crippen molar-refractivity contribution in [2.45, 2.75) is 13.0 Å². The summed E-state index contributed by atoms with van der Waals surface area (Å²) in [6, 6.07) is 11.4. The van der Waals surface area contributed by atoms with Gasteiger partial charge in [0, 0.05) is 11.6 Å². The molecule has 1 aromatic heterocycles. The molecule has 10 heteroatoms. The summed E-state index contributed by atoms with van der Waals surface area (Å²) in [6.45, 7) is 1.45. The van der Waals surface area contributed by atoms with Gasteiger partial charge in [0.05, 0.1) is 11.0 Å². The molecule has 2 heterocycles. The minimum atomic E-state index is -0.919. The zero-order chi connectivity index (χ0) is 19.7. The second-order valence-corrected chi connectivity index (χ2v) is 5.84. The van der Waals surface area contributed by atoms with Gasteiger partial charge in [0.15, 0.2) is 17.6 Å². The summed E-state index contributed by atoms with van der Waals surface area (Å²) < 4.78 is 21.1. The van der Waals surface area contributed by atoms with Gasteiger partial charge in [-0.25, -0.2) is 4.79 Å². The molecule has 2 aromatic carbocycles. The Hall–Kier alpha value is -3.95. The highest BCUT2D eigenvalue weighted by Gasteiger charge is 2.30. The molecule has 142 valence electrons. The largest absolute Gasteiger partial charge is 0.454 e. The van der Waals surface area contributed by atoms with Crippen LogP contribution in [0.15, 0.2) is 46.9 Å². The first-order chi connectivity index (χ1) is 13.5. The molecule has 0 amide bonds. The highest BCUT2D eigenvalue weighted by molar-refractivity contribution is 5.95. The third kappa shape index (κ3) is 3.22. The second-order valence-electron chi connectivity index (χ2n) is 5.84. The van der Waals surface area contributed by atoms with Crippen molar-refractivity contribution < 1.29 is 28.3 Å². The van der Waals surface area contributed by atoms with Crippen molar-refractivity contribution >= 4 is 11.7 Å². The third-order valence-electron chi connectivity index (χ3n) is 4.00. The molecule has 0 bridgehead atoms. The Morgan fingerprint density at radius 1 is 1.18 bits per heavy atom. The summed E-state index contributed by atoms with van der Waals surface area (Å²) in [5, 5.41) is 19.1. The number of esters is 1. The Kier molecular flexibility index (Phi) is 4.36. The number of ether oxygens (including phenoxy) is 3. The predicted molar refractivity (Wildman–Crippen MR) is 92.8 cm³/mol. The van der Waals surface area contributed by atoms with Crippen molar-refractivity contribution in [3.8, 4) is 23.0 Å². The van der Waals surface area contributed by atoms with Gasteiger partial charge in [0.1, 0.15) is 5.56 Å². The van der Waals surface area contributed by atoms with Gasteiger partial charge >= 0.3 is 5.97 Å². The maximum atomic E-state index is 12.5. The zero-order valence-corrected chi connectivity index (χ0v) is 14.5. The summed E-state index contributed by atoms with van der Waals surface area (Å²) in [5.74, 6) is -0.157. The van der Waals surface area contributed by atoms with E-state index in [-0.39, 0.29) is 35.6 Å². The number of rotatable bonds is 5.